The largest absolute Gasteiger partial charge is 0.497 e. The molecule has 0 aliphatic rings. The number of hydrogen-bond acceptors (Lipinski definition) is 6. The van der Waals surface area contributed by atoms with Crippen molar-refractivity contribution in [2.24, 2.45) is 0 Å². The Morgan fingerprint density at radius 2 is 1.83 bits per heavy atom. The number of ether oxygens (including phenoxy) is 3. The minimum absolute atomic E-state index is 0.0780. The number of ketones is 1. The molecule has 6 heteroatoms. The second-order valence-electron chi connectivity index (χ2n) is 5.35. The first-order chi connectivity index (χ1) is 10.9. The van der Waals surface area contributed by atoms with Crippen molar-refractivity contribution in [2.75, 3.05) is 14.2 Å². The SMILES string of the molecule is COC(=O)CC(=O)CC(O)CC(C)OCc1ccc(OC)cc1. The van der Waals surface area contributed by atoms with Crippen LogP contribution in [0.3, 0.4) is 0 Å². The van der Waals surface area contributed by atoms with E-state index in [2.05, 4.69) is 4.74 Å². The van der Waals surface area contributed by atoms with Crippen LogP contribution in [0.1, 0.15) is 31.7 Å². The molecule has 0 heterocycles. The lowest BCUT2D eigenvalue weighted by atomic mass is 10.1. The highest BCUT2D eigenvalue weighted by atomic mass is 16.5. The quantitative estimate of drug-likeness (QED) is 0.523. The summed E-state index contributed by atoms with van der Waals surface area (Å²) in [6, 6.07) is 7.51. The van der Waals surface area contributed by atoms with Gasteiger partial charge in [-0.15, -0.1) is 0 Å². The third-order valence-corrected chi connectivity index (χ3v) is 3.33. The van der Waals surface area contributed by atoms with Crippen LogP contribution in [-0.2, 0) is 25.7 Å². The van der Waals surface area contributed by atoms with Crippen molar-refractivity contribution < 1.29 is 28.9 Å². The first-order valence-corrected chi connectivity index (χ1v) is 7.45. The highest BCUT2D eigenvalue weighted by Gasteiger charge is 2.17. The number of hydrogen-bond donors (Lipinski definition) is 1. The number of benzene rings is 1. The predicted molar refractivity (Wildman–Crippen MR) is 84.1 cm³/mol. The van der Waals surface area contributed by atoms with Gasteiger partial charge in [-0.05, 0) is 31.0 Å². The van der Waals surface area contributed by atoms with Gasteiger partial charge in [-0.3, -0.25) is 9.59 Å². The zero-order valence-electron chi connectivity index (χ0n) is 13.8. The van der Waals surface area contributed by atoms with Crippen LogP contribution in [-0.4, -0.2) is 43.3 Å². The highest BCUT2D eigenvalue weighted by Crippen LogP contribution is 2.14. The first kappa shape index (κ1) is 19.1. The topological polar surface area (TPSA) is 82.1 Å². The van der Waals surface area contributed by atoms with Gasteiger partial charge in [-0.2, -0.15) is 0 Å². The Morgan fingerprint density at radius 3 is 2.39 bits per heavy atom. The molecule has 0 aliphatic heterocycles. The fourth-order valence-corrected chi connectivity index (χ4v) is 2.06. The van der Waals surface area contributed by atoms with E-state index in [0.717, 1.165) is 11.3 Å². The monoisotopic (exact) mass is 324 g/mol. The molecule has 0 saturated heterocycles. The van der Waals surface area contributed by atoms with Gasteiger partial charge in [0.15, 0.2) is 0 Å². The fourth-order valence-electron chi connectivity index (χ4n) is 2.06. The van der Waals surface area contributed by atoms with E-state index in [4.69, 9.17) is 9.47 Å². The van der Waals surface area contributed by atoms with Crippen LogP contribution in [0.5, 0.6) is 5.75 Å². The maximum Gasteiger partial charge on any atom is 0.313 e. The van der Waals surface area contributed by atoms with E-state index >= 15 is 0 Å². The molecule has 0 amide bonds. The van der Waals surface area contributed by atoms with Crippen molar-refractivity contribution >= 4 is 11.8 Å². The summed E-state index contributed by atoms with van der Waals surface area (Å²) in [7, 11) is 2.83. The minimum Gasteiger partial charge on any atom is -0.497 e. The van der Waals surface area contributed by atoms with Gasteiger partial charge in [-0.25, -0.2) is 0 Å². The smallest absolute Gasteiger partial charge is 0.313 e. The van der Waals surface area contributed by atoms with E-state index in [1.54, 1.807) is 7.11 Å². The van der Waals surface area contributed by atoms with Gasteiger partial charge in [0.25, 0.3) is 0 Å². The number of rotatable bonds is 10. The standard InChI is InChI=1S/C17H24O6/c1-12(8-14(18)9-15(19)10-17(20)22-3)23-11-13-4-6-16(21-2)7-5-13/h4-7,12,14,18H,8-11H2,1-3H3. The second kappa shape index (κ2) is 9.97. The van der Waals surface area contributed by atoms with Crippen LogP contribution in [0.4, 0.5) is 0 Å². The summed E-state index contributed by atoms with van der Waals surface area (Å²) in [5, 5.41) is 9.87. The lowest BCUT2D eigenvalue weighted by molar-refractivity contribution is -0.143. The summed E-state index contributed by atoms with van der Waals surface area (Å²) >= 11 is 0. The molecular formula is C17H24O6. The van der Waals surface area contributed by atoms with Crippen molar-refractivity contribution in [3.05, 3.63) is 29.8 Å². The Morgan fingerprint density at radius 1 is 1.17 bits per heavy atom. The normalized spacial score (nSPS) is 13.2. The van der Waals surface area contributed by atoms with Crippen LogP contribution < -0.4 is 4.74 Å². The molecule has 23 heavy (non-hydrogen) atoms. The maximum absolute atomic E-state index is 11.5. The molecule has 0 aromatic heterocycles. The third-order valence-electron chi connectivity index (χ3n) is 3.33. The van der Waals surface area contributed by atoms with Crippen molar-refractivity contribution in [3.8, 4) is 5.75 Å². The predicted octanol–water partition coefficient (Wildman–Crippen LogP) is 1.87. The van der Waals surface area contributed by atoms with Crippen LogP contribution in [0.2, 0.25) is 0 Å². The Bertz CT molecular complexity index is 496. The average molecular weight is 324 g/mol. The number of aliphatic hydroxyl groups is 1. The number of esters is 1. The van der Waals surface area contributed by atoms with E-state index in [-0.39, 0.29) is 24.7 Å². The molecule has 6 nitrogen and oxygen atoms in total. The van der Waals surface area contributed by atoms with Gasteiger partial charge in [0.1, 0.15) is 18.0 Å². The Hall–Kier alpha value is -1.92. The van der Waals surface area contributed by atoms with E-state index in [1.807, 2.05) is 31.2 Å². The van der Waals surface area contributed by atoms with Gasteiger partial charge in [-0.1, -0.05) is 12.1 Å². The van der Waals surface area contributed by atoms with Crippen LogP contribution >= 0.6 is 0 Å². The molecule has 128 valence electrons. The molecule has 0 bridgehead atoms. The van der Waals surface area contributed by atoms with Gasteiger partial charge >= 0.3 is 5.97 Å². The van der Waals surface area contributed by atoms with E-state index in [9.17, 15) is 14.7 Å². The molecule has 2 unspecified atom stereocenters. The molecule has 1 rings (SSSR count). The second-order valence-corrected chi connectivity index (χ2v) is 5.35. The number of aliphatic hydroxyl groups excluding tert-OH is 1. The Labute approximate surface area is 136 Å². The van der Waals surface area contributed by atoms with Crippen molar-refractivity contribution in [3.63, 3.8) is 0 Å². The summed E-state index contributed by atoms with van der Waals surface area (Å²) in [5.74, 6) is -0.154. The molecule has 2 atom stereocenters. The lowest BCUT2D eigenvalue weighted by Gasteiger charge is -2.17. The zero-order chi connectivity index (χ0) is 17.2. The molecule has 1 N–H and O–H groups in total. The number of methoxy groups -OCH3 is 2. The molecule has 0 fully saturated rings. The van der Waals surface area contributed by atoms with E-state index in [0.29, 0.717) is 13.0 Å². The summed E-state index contributed by atoms with van der Waals surface area (Å²) in [6.07, 6.45) is -1.11. The summed E-state index contributed by atoms with van der Waals surface area (Å²) in [4.78, 5) is 22.5. The van der Waals surface area contributed by atoms with Gasteiger partial charge in [0.05, 0.1) is 33.0 Å². The zero-order valence-corrected chi connectivity index (χ0v) is 13.8. The lowest BCUT2D eigenvalue weighted by Crippen LogP contribution is -2.22. The number of carbonyl (C=O) groups is 2. The average Bonchev–Trinajstić information content (AvgIpc) is 2.52. The van der Waals surface area contributed by atoms with Gasteiger partial charge < -0.3 is 19.3 Å². The molecule has 0 saturated carbocycles. The van der Waals surface area contributed by atoms with Crippen LogP contribution in [0.25, 0.3) is 0 Å². The molecular weight excluding hydrogens is 300 g/mol. The summed E-state index contributed by atoms with van der Waals surface area (Å²) in [6.45, 7) is 2.24. The molecule has 0 aliphatic carbocycles. The van der Waals surface area contributed by atoms with Gasteiger partial charge in [0, 0.05) is 6.42 Å². The molecule has 0 radical (unpaired) electrons. The molecule has 1 aromatic carbocycles. The van der Waals surface area contributed by atoms with Crippen LogP contribution in [0, 0.1) is 0 Å². The van der Waals surface area contributed by atoms with E-state index in [1.165, 1.54) is 7.11 Å². The summed E-state index contributed by atoms with van der Waals surface area (Å²) < 4.78 is 15.1. The number of carbonyl (C=O) groups excluding carboxylic acids is 2. The van der Waals surface area contributed by atoms with Gasteiger partial charge in [0.2, 0.25) is 0 Å². The maximum atomic E-state index is 11.5. The molecule has 1 aromatic rings. The minimum atomic E-state index is -0.835. The summed E-state index contributed by atoms with van der Waals surface area (Å²) in [5.41, 5.74) is 0.994. The highest BCUT2D eigenvalue weighted by molar-refractivity contribution is 5.95. The Kier molecular flexibility index (Phi) is 8.29. The Balaban J connectivity index is 2.30. The van der Waals surface area contributed by atoms with Crippen molar-refractivity contribution in [2.45, 2.75) is 45.0 Å². The van der Waals surface area contributed by atoms with E-state index < -0.39 is 12.1 Å². The molecule has 0 spiro atoms. The number of Topliss-reactive ketones (excluding diaryl/α,β-unsaturated/α-hetero) is 1. The van der Waals surface area contributed by atoms with Crippen molar-refractivity contribution in [1.29, 1.82) is 0 Å². The van der Waals surface area contributed by atoms with Crippen molar-refractivity contribution in [1.82, 2.24) is 0 Å². The first-order valence-electron chi connectivity index (χ1n) is 7.45. The fraction of sp³-hybridized carbons (Fsp3) is 0.529. The van der Waals surface area contributed by atoms with Crippen LogP contribution in [0.15, 0.2) is 24.3 Å². The third kappa shape index (κ3) is 7.76.